The number of imidazole rings is 1. The molecule has 0 aromatic carbocycles. The van der Waals surface area contributed by atoms with Gasteiger partial charge in [0.2, 0.25) is 0 Å². The summed E-state index contributed by atoms with van der Waals surface area (Å²) in [5, 5.41) is 3.98. The van der Waals surface area contributed by atoms with E-state index in [1.54, 1.807) is 25.0 Å². The SMILES string of the molecule is CC.CCCCCC.Cn1ncc2[nH]c(=O)n(C)c21. The number of hydrogen-bond donors (Lipinski definition) is 1. The average molecular weight is 268 g/mol. The summed E-state index contributed by atoms with van der Waals surface area (Å²) in [7, 11) is 3.51. The van der Waals surface area contributed by atoms with Gasteiger partial charge in [-0.25, -0.2) is 4.79 Å². The first-order chi connectivity index (χ1) is 9.11. The molecule has 0 aliphatic heterocycles. The summed E-state index contributed by atoms with van der Waals surface area (Å²) in [5.41, 5.74) is 1.49. The van der Waals surface area contributed by atoms with Gasteiger partial charge in [0.15, 0.2) is 5.65 Å². The summed E-state index contributed by atoms with van der Waals surface area (Å²) in [5.74, 6) is 0. The fraction of sp³-hybridized carbons (Fsp3) is 0.714. The first kappa shape index (κ1) is 17.5. The lowest BCUT2D eigenvalue weighted by atomic mass is 10.2. The highest BCUT2D eigenvalue weighted by Gasteiger charge is 2.05. The predicted molar refractivity (Wildman–Crippen MR) is 81.5 cm³/mol. The van der Waals surface area contributed by atoms with E-state index in [1.165, 1.54) is 30.3 Å². The molecule has 2 heterocycles. The number of fused-ring (bicyclic) bond motifs is 1. The quantitative estimate of drug-likeness (QED) is 0.869. The van der Waals surface area contributed by atoms with Gasteiger partial charge in [0.1, 0.15) is 5.52 Å². The third kappa shape index (κ3) is 4.93. The smallest absolute Gasteiger partial charge is 0.303 e. The molecule has 5 nitrogen and oxygen atoms in total. The van der Waals surface area contributed by atoms with Crippen molar-refractivity contribution in [2.75, 3.05) is 0 Å². The number of hydrogen-bond acceptors (Lipinski definition) is 2. The van der Waals surface area contributed by atoms with E-state index in [4.69, 9.17) is 0 Å². The fourth-order valence-electron chi connectivity index (χ4n) is 1.71. The Balaban J connectivity index is 0.000000350. The first-order valence-corrected chi connectivity index (χ1v) is 7.18. The van der Waals surface area contributed by atoms with Gasteiger partial charge in [0.25, 0.3) is 0 Å². The van der Waals surface area contributed by atoms with Gasteiger partial charge in [-0.05, 0) is 0 Å². The molecule has 0 amide bonds. The van der Waals surface area contributed by atoms with E-state index >= 15 is 0 Å². The molecule has 1 N–H and O–H groups in total. The zero-order valence-electron chi connectivity index (χ0n) is 13.2. The monoisotopic (exact) mass is 268 g/mol. The van der Waals surface area contributed by atoms with Crippen molar-refractivity contribution < 1.29 is 0 Å². The second-order valence-corrected chi connectivity index (χ2v) is 4.20. The number of unbranched alkanes of at least 4 members (excludes halogenated alkanes) is 3. The molecule has 2 rings (SSSR count). The number of aryl methyl sites for hydroxylation is 2. The minimum Gasteiger partial charge on any atom is -0.303 e. The van der Waals surface area contributed by atoms with Crippen LogP contribution in [-0.2, 0) is 14.1 Å². The molecule has 0 saturated carbocycles. The number of nitrogens with one attached hydrogen (secondary N) is 1. The van der Waals surface area contributed by atoms with Gasteiger partial charge in [-0.3, -0.25) is 9.25 Å². The maximum atomic E-state index is 11.0. The van der Waals surface area contributed by atoms with Crippen LogP contribution in [0.25, 0.3) is 11.2 Å². The van der Waals surface area contributed by atoms with Crippen molar-refractivity contribution in [3.05, 3.63) is 16.7 Å². The highest BCUT2D eigenvalue weighted by atomic mass is 16.1. The van der Waals surface area contributed by atoms with E-state index in [-0.39, 0.29) is 5.69 Å². The van der Waals surface area contributed by atoms with Crippen molar-refractivity contribution in [2.45, 2.75) is 53.4 Å². The standard InChI is InChI=1S/C6H8N4O.C6H14.C2H6/c1-9-5-4(8-6(9)11)3-7-10(5)2;1-3-5-6-4-2;1-2/h3H,1-2H3,(H,8,11);3-6H2,1-2H3;1-2H3. The Kier molecular flexibility index (Phi) is 8.66. The molecule has 0 aliphatic rings. The normalized spacial score (nSPS) is 9.58. The number of aromatic nitrogens is 4. The van der Waals surface area contributed by atoms with E-state index in [2.05, 4.69) is 23.9 Å². The zero-order chi connectivity index (χ0) is 14.8. The second-order valence-electron chi connectivity index (χ2n) is 4.20. The van der Waals surface area contributed by atoms with Gasteiger partial charge in [-0.15, -0.1) is 0 Å². The van der Waals surface area contributed by atoms with E-state index in [1.807, 2.05) is 13.8 Å². The maximum absolute atomic E-state index is 11.0. The van der Waals surface area contributed by atoms with Crippen LogP contribution in [0.3, 0.4) is 0 Å². The highest BCUT2D eigenvalue weighted by Crippen LogP contribution is 2.04. The molecule has 0 atom stereocenters. The van der Waals surface area contributed by atoms with E-state index < -0.39 is 0 Å². The molecule has 0 radical (unpaired) electrons. The Morgan fingerprint density at radius 3 is 2.11 bits per heavy atom. The molecule has 19 heavy (non-hydrogen) atoms. The average Bonchev–Trinajstić information content (AvgIpc) is 2.92. The van der Waals surface area contributed by atoms with Crippen molar-refractivity contribution in [3.8, 4) is 0 Å². The minimum absolute atomic E-state index is 0.104. The lowest BCUT2D eigenvalue weighted by Crippen LogP contribution is -2.14. The third-order valence-electron chi connectivity index (χ3n) is 2.73. The molecule has 0 aliphatic carbocycles. The van der Waals surface area contributed by atoms with Crippen LogP contribution in [0.5, 0.6) is 0 Å². The van der Waals surface area contributed by atoms with E-state index in [0.717, 1.165) is 11.2 Å². The molecule has 5 heteroatoms. The van der Waals surface area contributed by atoms with E-state index in [0.29, 0.717) is 0 Å². The Hall–Kier alpha value is -1.52. The van der Waals surface area contributed by atoms with Gasteiger partial charge >= 0.3 is 5.69 Å². The van der Waals surface area contributed by atoms with Crippen LogP contribution in [0.1, 0.15) is 53.4 Å². The minimum atomic E-state index is -0.104. The first-order valence-electron chi connectivity index (χ1n) is 7.18. The van der Waals surface area contributed by atoms with Crippen molar-refractivity contribution in [2.24, 2.45) is 14.1 Å². The maximum Gasteiger partial charge on any atom is 0.327 e. The van der Waals surface area contributed by atoms with Crippen molar-refractivity contribution in [1.82, 2.24) is 19.3 Å². The highest BCUT2D eigenvalue weighted by molar-refractivity contribution is 5.69. The van der Waals surface area contributed by atoms with Crippen LogP contribution in [0.2, 0.25) is 0 Å². The Bertz CT molecular complexity index is 503. The summed E-state index contributed by atoms with van der Waals surface area (Å²) in [4.78, 5) is 13.7. The molecule has 0 bridgehead atoms. The molecule has 110 valence electrons. The summed E-state index contributed by atoms with van der Waals surface area (Å²) >= 11 is 0. The number of H-pyrrole nitrogens is 1. The molecule has 0 spiro atoms. The molecule has 0 fully saturated rings. The number of rotatable bonds is 3. The number of aromatic amines is 1. The van der Waals surface area contributed by atoms with Crippen LogP contribution < -0.4 is 5.69 Å². The summed E-state index contributed by atoms with van der Waals surface area (Å²) in [6, 6.07) is 0. The van der Waals surface area contributed by atoms with Crippen molar-refractivity contribution in [3.63, 3.8) is 0 Å². The van der Waals surface area contributed by atoms with Crippen LogP contribution in [0, 0.1) is 0 Å². The fourth-order valence-corrected chi connectivity index (χ4v) is 1.71. The lowest BCUT2D eigenvalue weighted by Gasteiger charge is -1.91. The summed E-state index contributed by atoms with van der Waals surface area (Å²) in [6.07, 6.45) is 7.17. The van der Waals surface area contributed by atoms with Crippen LogP contribution in [-0.4, -0.2) is 19.3 Å². The van der Waals surface area contributed by atoms with Gasteiger partial charge in [-0.2, -0.15) is 5.10 Å². The largest absolute Gasteiger partial charge is 0.327 e. The Morgan fingerprint density at radius 1 is 1.16 bits per heavy atom. The molecular weight excluding hydrogens is 240 g/mol. The molecule has 2 aromatic rings. The molecular formula is C14H28N4O. The van der Waals surface area contributed by atoms with Crippen molar-refractivity contribution in [1.29, 1.82) is 0 Å². The third-order valence-corrected chi connectivity index (χ3v) is 2.73. The summed E-state index contributed by atoms with van der Waals surface area (Å²) in [6.45, 7) is 8.46. The van der Waals surface area contributed by atoms with Crippen LogP contribution in [0.4, 0.5) is 0 Å². The van der Waals surface area contributed by atoms with Gasteiger partial charge < -0.3 is 4.98 Å². The predicted octanol–water partition coefficient (Wildman–Crippen LogP) is 3.21. The van der Waals surface area contributed by atoms with Gasteiger partial charge in [0, 0.05) is 14.1 Å². The molecule has 2 aromatic heterocycles. The topological polar surface area (TPSA) is 55.6 Å². The zero-order valence-corrected chi connectivity index (χ0v) is 13.2. The second kappa shape index (κ2) is 9.42. The van der Waals surface area contributed by atoms with Crippen molar-refractivity contribution >= 4 is 11.2 Å². The van der Waals surface area contributed by atoms with E-state index in [9.17, 15) is 4.79 Å². The van der Waals surface area contributed by atoms with Crippen LogP contribution in [0.15, 0.2) is 11.0 Å². The summed E-state index contributed by atoms with van der Waals surface area (Å²) < 4.78 is 3.19. The molecule has 0 unspecified atom stereocenters. The molecule has 0 saturated heterocycles. The lowest BCUT2D eigenvalue weighted by molar-refractivity contribution is 0.702. The Morgan fingerprint density at radius 2 is 1.68 bits per heavy atom. The Labute approximate surface area is 115 Å². The van der Waals surface area contributed by atoms with Crippen LogP contribution >= 0.6 is 0 Å². The van der Waals surface area contributed by atoms with Gasteiger partial charge in [-0.1, -0.05) is 53.4 Å². The van der Waals surface area contributed by atoms with Gasteiger partial charge in [0.05, 0.1) is 6.20 Å². The number of nitrogens with zero attached hydrogens (tertiary/aromatic N) is 3.